The Morgan fingerprint density at radius 3 is 2.60 bits per heavy atom. The van der Waals surface area contributed by atoms with E-state index in [-0.39, 0.29) is 31.2 Å². The highest BCUT2D eigenvalue weighted by atomic mass is 19.4. The van der Waals surface area contributed by atoms with Gasteiger partial charge in [0.15, 0.2) is 6.73 Å². The lowest BCUT2D eigenvalue weighted by atomic mass is 10.1. The van der Waals surface area contributed by atoms with Crippen molar-refractivity contribution >= 4 is 5.91 Å². The van der Waals surface area contributed by atoms with E-state index in [1.165, 1.54) is 11.0 Å². The third-order valence-corrected chi connectivity index (χ3v) is 3.82. The molecule has 7 heteroatoms. The minimum Gasteiger partial charge on any atom is -0.472 e. The van der Waals surface area contributed by atoms with Gasteiger partial charge in [0.1, 0.15) is 5.75 Å². The first kappa shape index (κ1) is 17.3. The third-order valence-electron chi connectivity index (χ3n) is 3.82. The normalized spacial score (nSPS) is 14.2. The predicted molar refractivity (Wildman–Crippen MR) is 84.1 cm³/mol. The number of hydrogen-bond donors (Lipinski definition) is 0. The maximum atomic E-state index is 12.8. The fourth-order valence-electron chi connectivity index (χ4n) is 2.48. The van der Waals surface area contributed by atoms with Crippen LogP contribution in [0, 0.1) is 0 Å². The van der Waals surface area contributed by atoms with Crippen LogP contribution >= 0.6 is 0 Å². The van der Waals surface area contributed by atoms with Gasteiger partial charge in [-0.3, -0.25) is 4.79 Å². The first-order valence-electron chi connectivity index (χ1n) is 7.70. The Morgan fingerprint density at radius 2 is 1.88 bits per heavy atom. The zero-order valence-electron chi connectivity index (χ0n) is 13.3. The third kappa shape index (κ3) is 4.11. The molecule has 0 N–H and O–H groups in total. The maximum Gasteiger partial charge on any atom is 0.416 e. The van der Waals surface area contributed by atoms with Gasteiger partial charge >= 0.3 is 6.18 Å². The van der Waals surface area contributed by atoms with E-state index in [4.69, 9.17) is 9.47 Å². The number of benzene rings is 2. The standard InChI is InChI=1S/C18H16F3NO3/c19-18(20,21)14-6-7-16-15(10-14)17(23)22(12-25-16)8-9-24-11-13-4-2-1-3-5-13/h1-7,10H,8-9,11-12H2. The van der Waals surface area contributed by atoms with Crippen molar-refractivity contribution in [2.75, 3.05) is 19.9 Å². The largest absolute Gasteiger partial charge is 0.472 e. The van der Waals surface area contributed by atoms with Crippen molar-refractivity contribution in [3.05, 3.63) is 65.2 Å². The summed E-state index contributed by atoms with van der Waals surface area (Å²) >= 11 is 0. The molecule has 0 radical (unpaired) electrons. The summed E-state index contributed by atoms with van der Waals surface area (Å²) in [6, 6.07) is 12.5. The molecule has 0 atom stereocenters. The molecule has 2 aromatic carbocycles. The van der Waals surface area contributed by atoms with Gasteiger partial charge < -0.3 is 14.4 Å². The Hall–Kier alpha value is -2.54. The smallest absolute Gasteiger partial charge is 0.416 e. The zero-order chi connectivity index (χ0) is 17.9. The van der Waals surface area contributed by atoms with Gasteiger partial charge in [-0.1, -0.05) is 30.3 Å². The van der Waals surface area contributed by atoms with Crippen molar-refractivity contribution in [2.24, 2.45) is 0 Å². The van der Waals surface area contributed by atoms with Gasteiger partial charge in [0.25, 0.3) is 5.91 Å². The monoisotopic (exact) mass is 351 g/mol. The van der Waals surface area contributed by atoms with Crippen LogP contribution in [0.2, 0.25) is 0 Å². The van der Waals surface area contributed by atoms with E-state index in [1.807, 2.05) is 30.3 Å². The molecule has 0 fully saturated rings. The molecule has 0 aliphatic carbocycles. The van der Waals surface area contributed by atoms with Crippen molar-refractivity contribution < 1.29 is 27.4 Å². The molecule has 0 saturated carbocycles. The summed E-state index contributed by atoms with van der Waals surface area (Å²) in [7, 11) is 0. The summed E-state index contributed by atoms with van der Waals surface area (Å²) in [5.41, 5.74) is 0.0541. The highest BCUT2D eigenvalue weighted by molar-refractivity contribution is 5.98. The van der Waals surface area contributed by atoms with Crippen LogP contribution in [-0.2, 0) is 17.5 Å². The highest BCUT2D eigenvalue weighted by Crippen LogP contribution is 2.34. The number of nitrogens with zero attached hydrogens (tertiary/aromatic N) is 1. The molecule has 1 heterocycles. The summed E-state index contributed by atoms with van der Waals surface area (Å²) in [4.78, 5) is 13.7. The van der Waals surface area contributed by atoms with Gasteiger partial charge in [0.2, 0.25) is 0 Å². The lowest BCUT2D eigenvalue weighted by Gasteiger charge is -2.29. The predicted octanol–water partition coefficient (Wildman–Crippen LogP) is 3.71. The van der Waals surface area contributed by atoms with Crippen LogP contribution in [0.4, 0.5) is 13.2 Å². The second-order valence-corrected chi connectivity index (χ2v) is 5.59. The van der Waals surface area contributed by atoms with Crippen molar-refractivity contribution in [3.63, 3.8) is 0 Å². The average Bonchev–Trinajstić information content (AvgIpc) is 2.60. The Morgan fingerprint density at radius 1 is 1.12 bits per heavy atom. The number of ether oxygens (including phenoxy) is 2. The number of halogens is 3. The maximum absolute atomic E-state index is 12.8. The average molecular weight is 351 g/mol. The Balaban J connectivity index is 1.59. The number of amides is 1. The van der Waals surface area contributed by atoms with E-state index < -0.39 is 17.6 Å². The zero-order valence-corrected chi connectivity index (χ0v) is 13.3. The molecule has 0 spiro atoms. The van der Waals surface area contributed by atoms with Crippen LogP contribution in [0.5, 0.6) is 5.75 Å². The molecule has 2 aromatic rings. The molecule has 0 saturated heterocycles. The lowest BCUT2D eigenvalue weighted by Crippen LogP contribution is -2.40. The number of rotatable bonds is 5. The molecule has 132 valence electrons. The van der Waals surface area contributed by atoms with Gasteiger partial charge in [-0.05, 0) is 23.8 Å². The number of fused-ring (bicyclic) bond motifs is 1. The summed E-state index contributed by atoms with van der Waals surface area (Å²) in [6.07, 6.45) is -4.50. The molecule has 4 nitrogen and oxygen atoms in total. The molecule has 0 bridgehead atoms. The number of carbonyl (C=O) groups is 1. The quantitative estimate of drug-likeness (QED) is 0.771. The summed E-state index contributed by atoms with van der Waals surface area (Å²) in [5, 5.41) is 0. The van der Waals surface area contributed by atoms with Crippen LogP contribution in [0.1, 0.15) is 21.5 Å². The first-order chi connectivity index (χ1) is 11.9. The molecule has 1 aliphatic heterocycles. The molecule has 0 aromatic heterocycles. The number of hydrogen-bond acceptors (Lipinski definition) is 3. The number of carbonyl (C=O) groups excluding carboxylic acids is 1. The van der Waals surface area contributed by atoms with Gasteiger partial charge in [0.05, 0.1) is 24.3 Å². The second kappa shape index (κ2) is 7.14. The van der Waals surface area contributed by atoms with Crippen molar-refractivity contribution in [2.45, 2.75) is 12.8 Å². The van der Waals surface area contributed by atoms with E-state index in [9.17, 15) is 18.0 Å². The van der Waals surface area contributed by atoms with E-state index in [0.29, 0.717) is 6.61 Å². The SMILES string of the molecule is O=C1c2cc(C(F)(F)F)ccc2OCN1CCOCc1ccccc1. The van der Waals surface area contributed by atoms with Gasteiger partial charge in [-0.25, -0.2) is 0 Å². The topological polar surface area (TPSA) is 38.8 Å². The van der Waals surface area contributed by atoms with E-state index in [0.717, 1.165) is 17.7 Å². The van der Waals surface area contributed by atoms with E-state index in [2.05, 4.69) is 0 Å². The van der Waals surface area contributed by atoms with Crippen LogP contribution in [-0.4, -0.2) is 30.7 Å². The van der Waals surface area contributed by atoms with Crippen LogP contribution in [0.25, 0.3) is 0 Å². The first-order valence-corrected chi connectivity index (χ1v) is 7.70. The molecule has 3 rings (SSSR count). The Kier molecular flexibility index (Phi) is 4.94. The summed E-state index contributed by atoms with van der Waals surface area (Å²) < 4.78 is 49.3. The Labute approximate surface area is 142 Å². The van der Waals surface area contributed by atoms with Gasteiger partial charge in [-0.2, -0.15) is 13.2 Å². The second-order valence-electron chi connectivity index (χ2n) is 5.59. The van der Waals surface area contributed by atoms with Crippen LogP contribution in [0.3, 0.4) is 0 Å². The fraction of sp³-hybridized carbons (Fsp3) is 0.278. The summed E-state index contributed by atoms with van der Waals surface area (Å²) in [5.74, 6) is -0.324. The molecule has 1 amide bonds. The van der Waals surface area contributed by atoms with E-state index >= 15 is 0 Å². The highest BCUT2D eigenvalue weighted by Gasteiger charge is 2.34. The molecular weight excluding hydrogens is 335 g/mol. The van der Waals surface area contributed by atoms with Crippen molar-refractivity contribution in [3.8, 4) is 5.75 Å². The molecular formula is C18H16F3NO3. The molecule has 1 aliphatic rings. The minimum absolute atomic E-state index is 0.00804. The lowest BCUT2D eigenvalue weighted by molar-refractivity contribution is -0.137. The fourth-order valence-corrected chi connectivity index (χ4v) is 2.48. The molecule has 0 unspecified atom stereocenters. The summed E-state index contributed by atoms with van der Waals surface area (Å²) in [6.45, 7) is 0.893. The van der Waals surface area contributed by atoms with Crippen molar-refractivity contribution in [1.82, 2.24) is 4.90 Å². The van der Waals surface area contributed by atoms with Gasteiger partial charge in [0, 0.05) is 6.54 Å². The number of alkyl halides is 3. The van der Waals surface area contributed by atoms with E-state index in [1.54, 1.807) is 0 Å². The van der Waals surface area contributed by atoms with Crippen LogP contribution in [0.15, 0.2) is 48.5 Å². The Bertz CT molecular complexity index is 747. The van der Waals surface area contributed by atoms with Gasteiger partial charge in [-0.15, -0.1) is 0 Å². The van der Waals surface area contributed by atoms with Crippen molar-refractivity contribution in [1.29, 1.82) is 0 Å². The molecule has 25 heavy (non-hydrogen) atoms. The van der Waals surface area contributed by atoms with Crippen LogP contribution < -0.4 is 4.74 Å². The minimum atomic E-state index is -4.50.